The normalized spacial score (nSPS) is 11.1. The van der Waals surface area contributed by atoms with E-state index in [1.165, 1.54) is 0 Å². The molecular formula is C11H16FN3O2. The SMILES string of the molecule is COc1ccc(OC)c(NC(N)=NCCF)c1. The Kier molecular flexibility index (Phi) is 5.06. The van der Waals surface area contributed by atoms with Crippen LogP contribution in [0.5, 0.6) is 11.5 Å². The number of hydrogen-bond donors (Lipinski definition) is 2. The Labute approximate surface area is 99.4 Å². The van der Waals surface area contributed by atoms with Gasteiger partial charge in [0.15, 0.2) is 5.96 Å². The summed E-state index contributed by atoms with van der Waals surface area (Å²) < 4.78 is 22.1. The zero-order valence-corrected chi connectivity index (χ0v) is 9.87. The minimum absolute atomic E-state index is 0.0329. The Morgan fingerprint density at radius 3 is 2.76 bits per heavy atom. The van der Waals surface area contributed by atoms with Crippen molar-refractivity contribution in [1.29, 1.82) is 0 Å². The Hall–Kier alpha value is -1.98. The first kappa shape index (κ1) is 13.1. The van der Waals surface area contributed by atoms with Gasteiger partial charge in [-0.25, -0.2) is 4.39 Å². The molecule has 0 bridgehead atoms. The molecule has 0 aliphatic rings. The molecule has 0 atom stereocenters. The average molecular weight is 241 g/mol. The summed E-state index contributed by atoms with van der Waals surface area (Å²) in [5.74, 6) is 1.39. The molecule has 3 N–H and O–H groups in total. The van der Waals surface area contributed by atoms with Crippen LogP contribution >= 0.6 is 0 Å². The van der Waals surface area contributed by atoms with E-state index in [0.717, 1.165) is 0 Å². The Balaban J connectivity index is 2.87. The molecule has 0 amide bonds. The van der Waals surface area contributed by atoms with Crippen LogP contribution in [0.25, 0.3) is 0 Å². The number of ether oxygens (including phenoxy) is 2. The minimum Gasteiger partial charge on any atom is -0.497 e. The van der Waals surface area contributed by atoms with E-state index in [9.17, 15) is 4.39 Å². The van der Waals surface area contributed by atoms with Crippen molar-refractivity contribution in [3.05, 3.63) is 18.2 Å². The van der Waals surface area contributed by atoms with Crippen LogP contribution in [0.3, 0.4) is 0 Å². The van der Waals surface area contributed by atoms with Crippen molar-refractivity contribution in [3.8, 4) is 11.5 Å². The highest BCUT2D eigenvalue weighted by molar-refractivity contribution is 5.93. The van der Waals surface area contributed by atoms with Gasteiger partial charge < -0.3 is 20.5 Å². The van der Waals surface area contributed by atoms with Crippen molar-refractivity contribution >= 4 is 11.6 Å². The standard InChI is InChI=1S/C11H16FN3O2/c1-16-8-3-4-10(17-2)9(7-8)15-11(13)14-6-5-12/h3-4,7H,5-6H2,1-2H3,(H3,13,14,15). The first-order chi connectivity index (χ1) is 8.21. The lowest BCUT2D eigenvalue weighted by atomic mass is 10.2. The predicted molar refractivity (Wildman–Crippen MR) is 65.6 cm³/mol. The number of anilines is 1. The van der Waals surface area contributed by atoms with Gasteiger partial charge in [-0.1, -0.05) is 0 Å². The van der Waals surface area contributed by atoms with Crippen molar-refractivity contribution in [2.45, 2.75) is 0 Å². The predicted octanol–water partition coefficient (Wildman–Crippen LogP) is 1.40. The van der Waals surface area contributed by atoms with Crippen LogP contribution in [0, 0.1) is 0 Å². The second-order valence-electron chi connectivity index (χ2n) is 3.15. The van der Waals surface area contributed by atoms with Gasteiger partial charge in [0.25, 0.3) is 0 Å². The van der Waals surface area contributed by atoms with Crippen molar-refractivity contribution < 1.29 is 13.9 Å². The molecule has 1 aromatic rings. The van der Waals surface area contributed by atoms with Crippen LogP contribution in [-0.4, -0.2) is 33.4 Å². The van der Waals surface area contributed by atoms with Gasteiger partial charge in [0.2, 0.25) is 0 Å². The smallest absolute Gasteiger partial charge is 0.193 e. The van der Waals surface area contributed by atoms with E-state index in [-0.39, 0.29) is 12.5 Å². The first-order valence-corrected chi connectivity index (χ1v) is 5.06. The van der Waals surface area contributed by atoms with Crippen LogP contribution in [0.4, 0.5) is 10.1 Å². The van der Waals surface area contributed by atoms with Crippen molar-refractivity contribution in [2.75, 3.05) is 32.8 Å². The van der Waals surface area contributed by atoms with E-state index >= 15 is 0 Å². The highest BCUT2D eigenvalue weighted by Gasteiger charge is 2.05. The van der Waals surface area contributed by atoms with Gasteiger partial charge in [-0.15, -0.1) is 0 Å². The number of guanidine groups is 1. The molecule has 0 spiro atoms. The zero-order chi connectivity index (χ0) is 12.7. The first-order valence-electron chi connectivity index (χ1n) is 5.06. The quantitative estimate of drug-likeness (QED) is 0.604. The van der Waals surface area contributed by atoms with E-state index in [0.29, 0.717) is 17.2 Å². The molecule has 0 radical (unpaired) electrons. The lowest BCUT2D eigenvalue weighted by Gasteiger charge is -2.11. The molecule has 6 heteroatoms. The average Bonchev–Trinajstić information content (AvgIpc) is 2.36. The molecule has 0 aliphatic heterocycles. The second-order valence-corrected chi connectivity index (χ2v) is 3.15. The number of nitrogens with two attached hydrogens (primary N) is 1. The fourth-order valence-corrected chi connectivity index (χ4v) is 1.25. The van der Waals surface area contributed by atoms with Crippen molar-refractivity contribution in [1.82, 2.24) is 0 Å². The topological polar surface area (TPSA) is 68.9 Å². The molecule has 0 saturated carbocycles. The monoisotopic (exact) mass is 241 g/mol. The number of aliphatic imine (C=N–C) groups is 1. The zero-order valence-electron chi connectivity index (χ0n) is 9.87. The van der Waals surface area contributed by atoms with Crippen LogP contribution in [-0.2, 0) is 0 Å². The molecule has 0 heterocycles. The summed E-state index contributed by atoms with van der Waals surface area (Å²) >= 11 is 0. The third-order valence-corrected chi connectivity index (χ3v) is 2.04. The van der Waals surface area contributed by atoms with E-state index in [2.05, 4.69) is 10.3 Å². The molecule has 5 nitrogen and oxygen atoms in total. The Morgan fingerprint density at radius 1 is 1.41 bits per heavy atom. The summed E-state index contributed by atoms with van der Waals surface area (Å²) in [5.41, 5.74) is 6.20. The summed E-state index contributed by atoms with van der Waals surface area (Å²) in [5, 5.41) is 2.83. The highest BCUT2D eigenvalue weighted by atomic mass is 19.1. The van der Waals surface area contributed by atoms with Gasteiger partial charge in [-0.3, -0.25) is 4.99 Å². The van der Waals surface area contributed by atoms with Gasteiger partial charge in [-0.05, 0) is 12.1 Å². The molecule has 0 saturated heterocycles. The van der Waals surface area contributed by atoms with Gasteiger partial charge >= 0.3 is 0 Å². The molecular weight excluding hydrogens is 225 g/mol. The number of methoxy groups -OCH3 is 2. The van der Waals surface area contributed by atoms with Gasteiger partial charge in [0, 0.05) is 6.07 Å². The van der Waals surface area contributed by atoms with E-state index in [1.807, 2.05) is 0 Å². The molecule has 0 unspecified atom stereocenters. The molecule has 0 fully saturated rings. The van der Waals surface area contributed by atoms with Crippen LogP contribution < -0.4 is 20.5 Å². The Morgan fingerprint density at radius 2 is 2.18 bits per heavy atom. The third kappa shape index (κ3) is 3.82. The van der Waals surface area contributed by atoms with Gasteiger partial charge in [0.1, 0.15) is 18.2 Å². The number of hydrogen-bond acceptors (Lipinski definition) is 3. The minimum atomic E-state index is -0.544. The largest absolute Gasteiger partial charge is 0.497 e. The van der Waals surface area contributed by atoms with E-state index in [4.69, 9.17) is 15.2 Å². The second kappa shape index (κ2) is 6.57. The van der Waals surface area contributed by atoms with Gasteiger partial charge in [-0.2, -0.15) is 0 Å². The number of halogens is 1. The summed E-state index contributed by atoms with van der Waals surface area (Å²) in [6.45, 7) is -0.511. The molecule has 17 heavy (non-hydrogen) atoms. The van der Waals surface area contributed by atoms with Crippen LogP contribution in [0.15, 0.2) is 23.2 Å². The number of alkyl halides is 1. The number of nitrogens with zero attached hydrogens (tertiary/aromatic N) is 1. The van der Waals surface area contributed by atoms with Crippen LogP contribution in [0.1, 0.15) is 0 Å². The maximum Gasteiger partial charge on any atom is 0.193 e. The Bertz CT molecular complexity index is 396. The van der Waals surface area contributed by atoms with Gasteiger partial charge in [0.05, 0.1) is 26.5 Å². The summed E-state index contributed by atoms with van der Waals surface area (Å²) in [6.07, 6.45) is 0. The number of nitrogens with one attached hydrogen (secondary N) is 1. The molecule has 0 aromatic heterocycles. The number of rotatable bonds is 5. The maximum atomic E-state index is 11.9. The number of benzene rings is 1. The van der Waals surface area contributed by atoms with Crippen LogP contribution in [0.2, 0.25) is 0 Å². The lowest BCUT2D eigenvalue weighted by molar-refractivity contribution is 0.405. The van der Waals surface area contributed by atoms with E-state index in [1.54, 1.807) is 32.4 Å². The molecule has 94 valence electrons. The highest BCUT2D eigenvalue weighted by Crippen LogP contribution is 2.28. The molecule has 1 rings (SSSR count). The fourth-order valence-electron chi connectivity index (χ4n) is 1.25. The summed E-state index contributed by atoms with van der Waals surface area (Å²) in [6, 6.07) is 5.22. The summed E-state index contributed by atoms with van der Waals surface area (Å²) in [4.78, 5) is 3.78. The van der Waals surface area contributed by atoms with Crippen molar-refractivity contribution in [2.24, 2.45) is 10.7 Å². The lowest BCUT2D eigenvalue weighted by Crippen LogP contribution is -2.23. The summed E-state index contributed by atoms with van der Waals surface area (Å²) in [7, 11) is 3.11. The molecule has 1 aromatic carbocycles. The fraction of sp³-hybridized carbons (Fsp3) is 0.364. The molecule has 0 aliphatic carbocycles. The van der Waals surface area contributed by atoms with Crippen molar-refractivity contribution in [3.63, 3.8) is 0 Å². The third-order valence-electron chi connectivity index (χ3n) is 2.04. The van der Waals surface area contributed by atoms with E-state index < -0.39 is 6.67 Å². The maximum absolute atomic E-state index is 11.9.